The Bertz CT molecular complexity index is 4050. The van der Waals surface area contributed by atoms with Crippen molar-refractivity contribution in [3.05, 3.63) is 35.9 Å². The summed E-state index contributed by atoms with van der Waals surface area (Å²) in [6, 6.07) is -10.4. The molecule has 0 bridgehead atoms. The Morgan fingerprint density at radius 3 is 1.38 bits per heavy atom. The van der Waals surface area contributed by atoms with Gasteiger partial charge in [-0.1, -0.05) is 70.9 Å². The van der Waals surface area contributed by atoms with Gasteiger partial charge in [0.15, 0.2) is 18.9 Å². The largest absolute Gasteiger partial charge is 0.394 e. The molecule has 31 atom stereocenters. The van der Waals surface area contributed by atoms with E-state index in [0.29, 0.717) is 17.9 Å². The predicted molar refractivity (Wildman–Crippen MR) is 478 cm³/mol. The van der Waals surface area contributed by atoms with Gasteiger partial charge in [0.05, 0.1) is 37.0 Å². The minimum atomic E-state index is -4.67. The van der Waals surface area contributed by atoms with Gasteiger partial charge in [-0.25, -0.2) is 0 Å². The van der Waals surface area contributed by atoms with Crippen molar-refractivity contribution in [2.24, 2.45) is 74.9 Å². The van der Waals surface area contributed by atoms with E-state index in [4.69, 9.17) is 127 Å². The van der Waals surface area contributed by atoms with Crippen molar-refractivity contribution in [2.75, 3.05) is 59.0 Å². The maximum atomic E-state index is 14.5. The average molecular weight is 2000 g/mol. The van der Waals surface area contributed by atoms with Crippen LogP contribution in [0, 0.1) is 11.8 Å². The van der Waals surface area contributed by atoms with Crippen LogP contribution >= 0.6 is 0 Å². The number of aliphatic hydroxyl groups excluding tert-OH is 9. The second-order valence-corrected chi connectivity index (χ2v) is 35.9. The van der Waals surface area contributed by atoms with Gasteiger partial charge in [-0.15, -0.1) is 0 Å². The van der Waals surface area contributed by atoms with Crippen LogP contribution in [-0.2, 0) is 108 Å². The Hall–Kier alpha value is -7.91. The second kappa shape index (κ2) is 60.3. The van der Waals surface area contributed by atoms with Crippen LogP contribution in [0.25, 0.3) is 0 Å². The van der Waals surface area contributed by atoms with Crippen molar-refractivity contribution in [3.63, 3.8) is 0 Å². The first-order valence-corrected chi connectivity index (χ1v) is 47.1. The molecule has 4 aliphatic heterocycles. The standard InChI is InChI=1S/C55H96N16O13.C23H46N6O13.2H2O4S/c1-30(2)12-10-11-15-43(74)62-35(16-22-56)50(79)71-45(33(6)73)55(84)67-38(19-25-59)47(76)66-40-21-27-61-54(83)44(32(5)72)70-51(80)39(20-26-60)64-46(75)36(17-23-57)65-52(81)41(28-31(3)4)68-53(82)42(29-34-13-8-7-9-14-34)69-48(77)37(18-24-58)63-49(40)78;24-2-7-13(32)15(34)10(28)21(37-7)40-18-6(27)1-5(26)12(31)20(18)42-23-17(36)19(9(4-30)39-23)41-22-11(29)16(35)14(33)8(3-25)38-22;2*1-5(2,3)4/h7-9,13-14,30-33,35-42,44-45,72-73H,10-12,15-29,56-60H2,1-6H3,(H,61,83)(H,62,74)(H,63,78)(H,64,75)(H,65,81)(H,66,76)(H,67,84)(H,68,82)(H,69,77)(H,70,80)(H,71,79);5-23,30-36H,1-4,24-29H2;2*(H2,1,2,3,4)/t32-,33?,35+,36+,37+,38+,39+,40+,41+,42-,44+,45+;5-,6+,7-,8+,9-,10-,11-,12+,13-,14-,15-,16-,17-,18-,19-,20-,21-,22-,23+;;/m11../s1. The Morgan fingerprint density at radius 2 is 0.919 bits per heavy atom. The highest BCUT2D eigenvalue weighted by molar-refractivity contribution is 7.80. The van der Waals surface area contributed by atoms with Crippen LogP contribution in [0.5, 0.6) is 0 Å². The SMILES string of the molecule is CC(C)CCCCC(=O)N[C@@H](CCN)C(=O)N[C@H](C(=O)N[C@@H](CCN)C(=O)N[C@H]1CCNC(=O)[C@H]([C@@H](C)O)NC(=O)[C@H](CCN)NC(=O)[C@H](CCN)NC(=O)[C@H](CC(C)C)NC(=O)[C@@H](Cc2ccccc2)NC(=O)[C@H](CCN)NC1=O)C(C)O.NC[C@@H]1O[C@H](O[C@H]2[C@@H](O)[C@H](O[C@@H]3[C@@H](O)[C@H](N)C[C@H](N)[C@H]3O[C@H]3O[C@H](CN)[C@@H](O)[C@H](O)[C@H]3N)O[C@@H]2CO)[C@H](N)[C@@H](O)[C@@H]1O.O=S(=O)(O)O.O=S(=O)(O)O. The van der Waals surface area contributed by atoms with Gasteiger partial charge < -0.3 is 196 Å². The molecule has 784 valence electrons. The van der Waals surface area contributed by atoms with E-state index >= 15 is 0 Å². The first-order valence-electron chi connectivity index (χ1n) is 44.3. The molecule has 1 saturated carbocycles. The molecule has 0 aromatic heterocycles. The van der Waals surface area contributed by atoms with E-state index in [0.717, 1.165) is 12.8 Å². The van der Waals surface area contributed by atoms with Gasteiger partial charge in [0.1, 0.15) is 128 Å². The second-order valence-electron chi connectivity index (χ2n) is 34.1. The lowest BCUT2D eigenvalue weighted by molar-refractivity contribution is -0.306. The van der Waals surface area contributed by atoms with E-state index < -0.39 is 294 Å². The number of benzene rings is 1. The molecule has 1 aliphatic carbocycles. The number of carbonyl (C=O) groups excluding carboxylic acids is 11. The van der Waals surface area contributed by atoms with Crippen molar-refractivity contribution in [1.82, 2.24) is 58.5 Å². The highest BCUT2D eigenvalue weighted by Gasteiger charge is 2.55. The number of nitrogens with one attached hydrogen (secondary N) is 11. The van der Waals surface area contributed by atoms with Crippen LogP contribution in [0.15, 0.2) is 30.3 Å². The van der Waals surface area contributed by atoms with Gasteiger partial charge in [-0.05, 0) is 122 Å². The topological polar surface area (TPSA) is 993 Å². The zero-order valence-electron chi connectivity index (χ0n) is 76.5. The number of hydrogen-bond donors (Lipinski definition) is 35. The summed E-state index contributed by atoms with van der Waals surface area (Å²) in [4.78, 5) is 154. The minimum Gasteiger partial charge on any atom is -0.394 e. The normalized spacial score (nSPS) is 31.5. The van der Waals surface area contributed by atoms with Crippen LogP contribution < -0.4 is 122 Å². The van der Waals surface area contributed by atoms with Crippen molar-refractivity contribution in [3.8, 4) is 0 Å². The smallest absolute Gasteiger partial charge is 0.394 e. The zero-order chi connectivity index (χ0) is 103. The molecule has 11 amide bonds. The summed E-state index contributed by atoms with van der Waals surface area (Å²) in [6.45, 7) is 7.96. The molecule has 0 spiro atoms. The molecule has 5 fully saturated rings. The molecular formula is C78H146N22O34S2. The molecule has 56 nitrogen and oxygen atoms in total. The number of rotatable bonds is 37. The van der Waals surface area contributed by atoms with Gasteiger partial charge in [-0.3, -0.25) is 71.0 Å². The third kappa shape index (κ3) is 41.5. The maximum Gasteiger partial charge on any atom is 0.394 e. The van der Waals surface area contributed by atoms with E-state index in [1.165, 1.54) is 13.8 Å². The molecule has 1 unspecified atom stereocenters. The van der Waals surface area contributed by atoms with Crippen molar-refractivity contribution >= 4 is 85.8 Å². The lowest BCUT2D eigenvalue weighted by Gasteiger charge is -2.47. The summed E-state index contributed by atoms with van der Waals surface area (Å²) in [5.74, 6) is -9.52. The molecule has 0 radical (unpaired) electrons. The summed E-state index contributed by atoms with van der Waals surface area (Å²) in [5.41, 5.74) is 65.5. The number of hydrogen-bond acceptors (Lipinski definition) is 41. The lowest BCUT2D eigenvalue weighted by Crippen LogP contribution is -2.68. The molecule has 1 aromatic rings. The Kier molecular flexibility index (Phi) is 54.2. The fourth-order valence-corrected chi connectivity index (χ4v) is 14.7. The third-order valence-corrected chi connectivity index (χ3v) is 22.0. The maximum absolute atomic E-state index is 14.5. The van der Waals surface area contributed by atoms with Gasteiger partial charge >= 0.3 is 20.8 Å². The van der Waals surface area contributed by atoms with Crippen LogP contribution in [0.3, 0.4) is 0 Å². The highest BCUT2D eigenvalue weighted by atomic mass is 32.3. The first-order chi connectivity index (χ1) is 63.6. The summed E-state index contributed by atoms with van der Waals surface area (Å²) >= 11 is 0. The molecule has 1 aromatic carbocycles. The van der Waals surface area contributed by atoms with Crippen LogP contribution in [0.4, 0.5) is 0 Å². The van der Waals surface area contributed by atoms with Crippen LogP contribution in [0.2, 0.25) is 0 Å². The molecule has 46 N–H and O–H groups in total. The first kappa shape index (κ1) is 122. The third-order valence-electron chi connectivity index (χ3n) is 22.0. The fraction of sp³-hybridized carbons (Fsp3) is 0.782. The Balaban J connectivity index is 0.000000750. The van der Waals surface area contributed by atoms with E-state index in [2.05, 4.69) is 72.3 Å². The average Bonchev–Trinajstić information content (AvgIpc) is 1.63. The van der Waals surface area contributed by atoms with Gasteiger partial charge in [0.25, 0.3) is 0 Å². The van der Waals surface area contributed by atoms with Gasteiger partial charge in [0, 0.05) is 44.6 Å². The molecule has 4 saturated heterocycles. The number of nitrogens with two attached hydrogens (primary N) is 11. The molecule has 6 rings (SSSR count). The number of unbranched alkanes of at least 4 members (excludes halogenated alkanes) is 1. The van der Waals surface area contributed by atoms with E-state index in [1.807, 2.05) is 0 Å². The van der Waals surface area contributed by atoms with E-state index in [9.17, 15) is 98.7 Å². The van der Waals surface area contributed by atoms with Crippen molar-refractivity contribution in [1.29, 1.82) is 0 Å². The summed E-state index contributed by atoms with van der Waals surface area (Å²) in [7, 11) is -9.33. The fourth-order valence-electron chi connectivity index (χ4n) is 14.7. The quantitative estimate of drug-likeness (QED) is 0.0217. The Morgan fingerprint density at radius 1 is 0.478 bits per heavy atom. The molecule has 4 heterocycles. The summed E-state index contributed by atoms with van der Waals surface area (Å²) in [6.07, 6.45) is -21.9. The van der Waals surface area contributed by atoms with Crippen LogP contribution in [-0.4, -0.2) is 394 Å². The van der Waals surface area contributed by atoms with Gasteiger partial charge in [0.2, 0.25) is 65.0 Å². The van der Waals surface area contributed by atoms with E-state index in [-0.39, 0.29) is 110 Å². The van der Waals surface area contributed by atoms with E-state index in [1.54, 1.807) is 44.2 Å². The molecule has 58 heteroatoms. The van der Waals surface area contributed by atoms with Gasteiger partial charge in [-0.2, -0.15) is 16.8 Å². The van der Waals surface area contributed by atoms with Crippen LogP contribution in [0.1, 0.15) is 124 Å². The lowest BCUT2D eigenvalue weighted by atomic mass is 9.84. The minimum absolute atomic E-state index is 0.0181. The van der Waals surface area contributed by atoms with Crippen molar-refractivity contribution in [2.45, 2.75) is 314 Å². The predicted octanol–water partition coefficient (Wildman–Crippen LogP) is -15.8. The molecule has 5 aliphatic rings. The molecular weight excluding hydrogens is 1850 g/mol. The monoisotopic (exact) mass is 2000 g/mol. The number of ether oxygens (including phenoxy) is 6. The summed E-state index contributed by atoms with van der Waals surface area (Å²) < 4.78 is 97.8. The number of aliphatic hydroxyl groups is 9. The van der Waals surface area contributed by atoms with Crippen molar-refractivity contribution < 1.29 is 162 Å². The Labute approximate surface area is 786 Å². The summed E-state index contributed by atoms with van der Waals surface area (Å²) in [5, 5.41) is 123. The zero-order valence-corrected chi connectivity index (χ0v) is 78.2. The number of amides is 11. The molecule has 136 heavy (non-hydrogen) atoms. The number of carbonyl (C=O) groups is 11. The highest BCUT2D eigenvalue weighted by Crippen LogP contribution is 2.35.